The first-order chi connectivity index (χ1) is 27.5. The molecule has 0 amide bonds. The summed E-state index contributed by atoms with van der Waals surface area (Å²) in [6.45, 7) is 4.26. The van der Waals surface area contributed by atoms with Gasteiger partial charge in [0.15, 0.2) is 0 Å². The van der Waals surface area contributed by atoms with Gasteiger partial charge in [0.1, 0.15) is 0 Å². The zero-order valence-corrected chi connectivity index (χ0v) is 38.9. The van der Waals surface area contributed by atoms with Crippen LogP contribution in [0.4, 0.5) is 0 Å². The second-order valence-electron chi connectivity index (χ2n) is 14.7. The summed E-state index contributed by atoms with van der Waals surface area (Å²) in [6, 6.07) is 52.4. The van der Waals surface area contributed by atoms with Crippen LogP contribution in [0, 0.1) is 12.2 Å². The summed E-state index contributed by atoms with van der Waals surface area (Å²) < 4.78 is 0. The van der Waals surface area contributed by atoms with E-state index in [9.17, 15) is 0 Å². The Morgan fingerprint density at radius 3 is 1.29 bits per heavy atom. The summed E-state index contributed by atoms with van der Waals surface area (Å²) in [4.78, 5) is 0. The summed E-state index contributed by atoms with van der Waals surface area (Å²) in [5, 5.41) is 8.45. The Morgan fingerprint density at radius 2 is 0.862 bits per heavy atom. The van der Waals surface area contributed by atoms with Crippen molar-refractivity contribution in [3.05, 3.63) is 251 Å². The van der Waals surface area contributed by atoms with E-state index in [0.29, 0.717) is 11.8 Å². The van der Waals surface area contributed by atoms with E-state index >= 15 is 0 Å². The number of hydrogen-bond acceptors (Lipinski definition) is 0. The molecule has 6 aromatic rings. The molecule has 0 fully saturated rings. The molecule has 0 aliphatic heterocycles. The van der Waals surface area contributed by atoms with Gasteiger partial charge < -0.3 is 24.8 Å². The number of benzene rings is 6. The molecule has 2 atom stereocenters. The second kappa shape index (κ2) is 20.4. The minimum absolute atomic E-state index is 0. The molecule has 0 spiro atoms. The molecule has 0 nitrogen and oxygen atoms in total. The quantitative estimate of drug-likeness (QED) is 0.143. The van der Waals surface area contributed by atoms with Gasteiger partial charge in [0.2, 0.25) is 0 Å². The maximum absolute atomic E-state index is 3.48. The second-order valence-corrected chi connectivity index (χ2v) is 21.9. The van der Waals surface area contributed by atoms with Crippen molar-refractivity contribution < 1.29 is 47.8 Å². The molecule has 284 valence electrons. The van der Waals surface area contributed by atoms with Crippen molar-refractivity contribution in [2.75, 3.05) is 0 Å². The molecule has 4 aliphatic rings. The Kier molecular flexibility index (Phi) is 15.1. The fraction of sp³-hybridized carbons (Fsp3) is 0.111. The van der Waals surface area contributed by atoms with Crippen LogP contribution in [0.25, 0.3) is 21.5 Å². The van der Waals surface area contributed by atoms with E-state index in [0.717, 1.165) is 12.8 Å². The van der Waals surface area contributed by atoms with Crippen molar-refractivity contribution in [1.82, 2.24) is 0 Å². The number of hydrogen-bond donors (Lipinski definition) is 0. The summed E-state index contributed by atoms with van der Waals surface area (Å²) in [6.07, 6.45) is 26.9. The van der Waals surface area contributed by atoms with Crippen molar-refractivity contribution in [2.45, 2.75) is 38.5 Å². The van der Waals surface area contributed by atoms with Gasteiger partial charge in [-0.1, -0.05) is 111 Å². The van der Waals surface area contributed by atoms with Gasteiger partial charge >= 0.3 is 99.5 Å². The Morgan fingerprint density at radius 1 is 0.483 bits per heavy atom. The summed E-state index contributed by atoms with van der Waals surface area (Å²) in [5.41, 5.74) is 10.2. The van der Waals surface area contributed by atoms with E-state index in [2.05, 4.69) is 220 Å². The molecule has 0 bridgehead atoms. The van der Waals surface area contributed by atoms with Crippen molar-refractivity contribution >= 4 is 37.4 Å². The van der Waals surface area contributed by atoms with E-state index in [1.165, 1.54) is 99.5 Å². The van der Waals surface area contributed by atoms with Crippen LogP contribution < -0.4 is 35.2 Å². The molecule has 6 aromatic carbocycles. The van der Waals surface area contributed by atoms with Crippen LogP contribution in [0.15, 0.2) is 228 Å². The van der Waals surface area contributed by atoms with Gasteiger partial charge in [-0.15, -0.1) is 47.6 Å². The average molecular weight is 970 g/mol. The monoisotopic (exact) mass is 970 g/mol. The van der Waals surface area contributed by atoms with Gasteiger partial charge in [0.05, 0.1) is 0 Å². The zero-order valence-electron chi connectivity index (χ0n) is 32.8. The molecule has 58 heavy (non-hydrogen) atoms. The van der Waals surface area contributed by atoms with E-state index in [1.807, 2.05) is 0 Å². The van der Waals surface area contributed by atoms with Gasteiger partial charge in [0, 0.05) is 0 Å². The van der Waals surface area contributed by atoms with E-state index < -0.39 is 5.49 Å². The predicted molar refractivity (Wildman–Crippen MR) is 236 cm³/mol. The van der Waals surface area contributed by atoms with Gasteiger partial charge in [-0.05, 0) is 57.3 Å². The van der Waals surface area contributed by atoms with Crippen LogP contribution in [0.2, 0.25) is 0 Å². The molecule has 0 N–H and O–H groups in total. The minimum atomic E-state index is -0.406. The van der Waals surface area contributed by atoms with Crippen LogP contribution in [0.3, 0.4) is 0 Å². The zero-order chi connectivity index (χ0) is 38.3. The fourth-order valence-electron chi connectivity index (χ4n) is 8.20. The van der Waals surface area contributed by atoms with Crippen LogP contribution in [0.1, 0.15) is 49.7 Å². The van der Waals surface area contributed by atoms with E-state index in [1.54, 1.807) is 0 Å². The van der Waals surface area contributed by atoms with E-state index in [-0.39, 0.29) is 24.8 Å². The van der Waals surface area contributed by atoms with Crippen LogP contribution >= 0.6 is 0 Å². The molecule has 4 heteroatoms. The topological polar surface area (TPSA) is 0 Å². The molecular weight excluding hydrogens is 926 g/mol. The summed E-state index contributed by atoms with van der Waals surface area (Å²) in [7, 11) is 0. The third-order valence-corrected chi connectivity index (χ3v) is 18.9. The Labute approximate surface area is 371 Å². The van der Waals surface area contributed by atoms with Crippen LogP contribution in [0.5, 0.6) is 0 Å². The molecule has 0 radical (unpaired) electrons. The SMILES string of the molecule is CC1=[C-]C2=CC=CCC(c3cccc4ccccc34)C2=C1.CC1=[C-]C2=CC=CCC(c3cccc4ccccc34)C2=C1.[Cl-].[Cl-].[Hf+2]=[Si](c1ccccc1)c1ccccc1. The summed E-state index contributed by atoms with van der Waals surface area (Å²) >= 11 is 1.27. The van der Waals surface area contributed by atoms with Crippen molar-refractivity contribution in [2.24, 2.45) is 0 Å². The molecule has 0 saturated heterocycles. The number of fused-ring (bicyclic) bond motifs is 4. The van der Waals surface area contributed by atoms with Crippen molar-refractivity contribution in [3.63, 3.8) is 0 Å². The van der Waals surface area contributed by atoms with Crippen LogP contribution in [-0.2, 0) is 23.0 Å². The molecule has 0 heterocycles. The van der Waals surface area contributed by atoms with Crippen molar-refractivity contribution in [3.8, 4) is 0 Å². The number of halogens is 2. The maximum atomic E-state index is 3.48. The van der Waals surface area contributed by atoms with Crippen LogP contribution in [-0.4, -0.2) is 5.49 Å². The molecule has 0 saturated carbocycles. The predicted octanol–water partition coefficient (Wildman–Crippen LogP) is 6.35. The third-order valence-electron chi connectivity index (χ3n) is 10.8. The molecule has 10 rings (SSSR count). The average Bonchev–Trinajstić information content (AvgIpc) is 3.67. The summed E-state index contributed by atoms with van der Waals surface area (Å²) in [5.74, 6) is 0.845. The Bertz CT molecular complexity index is 2480. The fourth-order valence-corrected chi connectivity index (χ4v) is 13.2. The molecule has 2 unspecified atom stereocenters. The van der Waals surface area contributed by atoms with Gasteiger partial charge in [0.25, 0.3) is 0 Å². The normalized spacial score (nSPS) is 17.3. The van der Waals surface area contributed by atoms with Gasteiger partial charge in [-0.2, -0.15) is 34.4 Å². The Balaban J connectivity index is 0.000000147. The number of rotatable bonds is 4. The molecular formula is C54H44Cl2HfSi-2. The first-order valence-electron chi connectivity index (χ1n) is 19.6. The number of allylic oxidation sites excluding steroid dienone is 16. The van der Waals surface area contributed by atoms with Crippen molar-refractivity contribution in [1.29, 1.82) is 0 Å². The molecule has 4 aliphatic carbocycles. The first kappa shape index (κ1) is 43.0. The van der Waals surface area contributed by atoms with Gasteiger partial charge in [-0.25, -0.2) is 0 Å². The molecule has 0 aromatic heterocycles. The Hall–Kier alpha value is -4.57. The third kappa shape index (κ3) is 9.82. The first-order valence-corrected chi connectivity index (χ1v) is 26.5. The standard InChI is InChI=1S/2C21H17.C12H10Si.2ClH.Hf/c2*1-15-13-17-8-3-5-11-20(21(17)14-15)19-12-6-9-16-7-2-4-10-18(16)19;1-3-7-11(8-4-1)13-12-9-5-2-6-10-12;;;/h2*2-10,12,14,20H,11H2,1H3;1-10H;2*1H;/q2*-1;;;;+2/p-2. The van der Waals surface area contributed by atoms with Gasteiger partial charge in [-0.3, -0.25) is 0 Å². The van der Waals surface area contributed by atoms with E-state index in [4.69, 9.17) is 0 Å².